The van der Waals surface area contributed by atoms with Crippen molar-refractivity contribution in [2.24, 2.45) is 5.73 Å². The monoisotopic (exact) mass is 291 g/mol. The molecule has 2 rings (SSSR count). The second-order valence-corrected chi connectivity index (χ2v) is 5.02. The summed E-state index contributed by atoms with van der Waals surface area (Å²) in [6.45, 7) is 0.422. The molecule has 7 heteroatoms. The number of carboxylic acids is 1. The molecule has 0 aromatic heterocycles. The van der Waals surface area contributed by atoms with E-state index in [0.29, 0.717) is 6.54 Å². The molecule has 0 fully saturated rings. The minimum Gasteiger partial charge on any atom is -0.480 e. The summed E-state index contributed by atoms with van der Waals surface area (Å²) in [4.78, 5) is 33.3. The lowest BCUT2D eigenvalue weighted by Crippen LogP contribution is -2.48. The van der Waals surface area contributed by atoms with Crippen LogP contribution in [0.4, 0.5) is 4.79 Å². The highest BCUT2D eigenvalue weighted by molar-refractivity contribution is 5.87. The third kappa shape index (κ3) is 3.71. The van der Waals surface area contributed by atoms with Gasteiger partial charge >= 0.3 is 12.0 Å². The molecule has 2 atom stereocenters. The Morgan fingerprint density at radius 2 is 2.05 bits per heavy atom. The fourth-order valence-electron chi connectivity index (χ4n) is 2.37. The van der Waals surface area contributed by atoms with Crippen LogP contribution in [0.2, 0.25) is 0 Å². The van der Waals surface area contributed by atoms with Gasteiger partial charge in [0.25, 0.3) is 0 Å². The van der Waals surface area contributed by atoms with Gasteiger partial charge in [0.1, 0.15) is 6.04 Å². The molecule has 112 valence electrons. The van der Waals surface area contributed by atoms with Crippen molar-refractivity contribution in [2.45, 2.75) is 24.8 Å². The lowest BCUT2D eigenvalue weighted by atomic mass is 9.78. The first-order valence-corrected chi connectivity index (χ1v) is 6.60. The Bertz CT molecular complexity index is 573. The highest BCUT2D eigenvalue weighted by Gasteiger charge is 2.26. The summed E-state index contributed by atoms with van der Waals surface area (Å²) >= 11 is 0. The van der Waals surface area contributed by atoms with E-state index in [1.807, 2.05) is 24.3 Å². The van der Waals surface area contributed by atoms with Gasteiger partial charge in [-0.1, -0.05) is 24.3 Å². The van der Waals surface area contributed by atoms with Gasteiger partial charge in [-0.15, -0.1) is 0 Å². The summed E-state index contributed by atoms with van der Waals surface area (Å²) in [6.07, 6.45) is 0.453. The van der Waals surface area contributed by atoms with E-state index in [9.17, 15) is 14.4 Å². The number of urea groups is 1. The maximum atomic E-state index is 11.7. The smallest absolute Gasteiger partial charge is 0.326 e. The van der Waals surface area contributed by atoms with Crippen molar-refractivity contribution in [3.05, 3.63) is 35.4 Å². The molecular formula is C14H17N3O4. The average Bonchev–Trinajstić information content (AvgIpc) is 2.38. The number of benzene rings is 1. The molecule has 1 aliphatic carbocycles. The van der Waals surface area contributed by atoms with Gasteiger partial charge in [-0.3, -0.25) is 4.79 Å². The number of carbonyl (C=O) groups excluding carboxylic acids is 2. The highest BCUT2D eigenvalue weighted by Crippen LogP contribution is 2.33. The Balaban J connectivity index is 1.80. The molecule has 0 heterocycles. The Labute approximate surface area is 121 Å². The van der Waals surface area contributed by atoms with Crippen LogP contribution >= 0.6 is 0 Å². The molecule has 0 radical (unpaired) electrons. The van der Waals surface area contributed by atoms with E-state index < -0.39 is 30.4 Å². The zero-order valence-electron chi connectivity index (χ0n) is 11.3. The predicted molar refractivity (Wildman–Crippen MR) is 74.7 cm³/mol. The first-order valence-electron chi connectivity index (χ1n) is 6.60. The zero-order chi connectivity index (χ0) is 15.4. The van der Waals surface area contributed by atoms with Crippen LogP contribution in [0.25, 0.3) is 0 Å². The van der Waals surface area contributed by atoms with Gasteiger partial charge in [0.2, 0.25) is 5.91 Å². The number of aliphatic carboxylic acids is 1. The number of hydrogen-bond donors (Lipinski definition) is 4. The van der Waals surface area contributed by atoms with Crippen LogP contribution in [-0.4, -0.2) is 35.6 Å². The Kier molecular flexibility index (Phi) is 4.42. The number of carbonyl (C=O) groups is 3. The first kappa shape index (κ1) is 14.8. The van der Waals surface area contributed by atoms with E-state index in [1.54, 1.807) is 0 Å². The number of nitrogens with one attached hydrogen (secondary N) is 2. The third-order valence-corrected chi connectivity index (χ3v) is 3.48. The molecule has 2 unspecified atom stereocenters. The number of rotatable bonds is 6. The van der Waals surface area contributed by atoms with Gasteiger partial charge in [0, 0.05) is 12.5 Å². The standard InChI is InChI=1S/C14H17N3O4/c15-12(18)6-11(13(19)20)17-14(21)16-7-9-5-8-3-1-2-4-10(8)9/h1-4,9,11H,5-7H2,(H2,15,18)(H,19,20)(H2,16,17,21). The zero-order valence-corrected chi connectivity index (χ0v) is 11.3. The van der Waals surface area contributed by atoms with Crippen molar-refractivity contribution >= 4 is 17.9 Å². The molecular weight excluding hydrogens is 274 g/mol. The van der Waals surface area contributed by atoms with Crippen molar-refractivity contribution in [1.29, 1.82) is 0 Å². The van der Waals surface area contributed by atoms with Crippen molar-refractivity contribution in [1.82, 2.24) is 10.6 Å². The van der Waals surface area contributed by atoms with Gasteiger partial charge in [0.05, 0.1) is 6.42 Å². The third-order valence-electron chi connectivity index (χ3n) is 3.48. The number of hydrogen-bond acceptors (Lipinski definition) is 3. The number of nitrogens with two attached hydrogens (primary N) is 1. The molecule has 0 bridgehead atoms. The van der Waals surface area contributed by atoms with Crippen molar-refractivity contribution < 1.29 is 19.5 Å². The van der Waals surface area contributed by atoms with Gasteiger partial charge in [0.15, 0.2) is 0 Å². The summed E-state index contributed by atoms with van der Waals surface area (Å²) in [6, 6.07) is 6.04. The molecule has 7 nitrogen and oxygen atoms in total. The number of primary amides is 1. The summed E-state index contributed by atoms with van der Waals surface area (Å²) in [5.41, 5.74) is 7.40. The minimum absolute atomic E-state index is 0.242. The maximum absolute atomic E-state index is 11.7. The molecule has 0 aliphatic heterocycles. The number of carboxylic acid groups (broad SMARTS) is 1. The predicted octanol–water partition coefficient (Wildman–Crippen LogP) is -0.0459. The van der Waals surface area contributed by atoms with Crippen molar-refractivity contribution in [3.63, 3.8) is 0 Å². The molecule has 0 spiro atoms. The summed E-state index contributed by atoms with van der Waals surface area (Å²) in [5, 5.41) is 13.7. The maximum Gasteiger partial charge on any atom is 0.326 e. The SMILES string of the molecule is NC(=O)CC(NC(=O)NCC1Cc2ccccc21)C(=O)O. The largest absolute Gasteiger partial charge is 0.480 e. The van der Waals surface area contributed by atoms with Crippen LogP contribution < -0.4 is 16.4 Å². The van der Waals surface area contributed by atoms with Crippen LogP contribution in [0.5, 0.6) is 0 Å². The minimum atomic E-state index is -1.31. The Hall–Kier alpha value is -2.57. The van der Waals surface area contributed by atoms with Gasteiger partial charge in [-0.05, 0) is 17.5 Å². The summed E-state index contributed by atoms with van der Waals surface area (Å²) < 4.78 is 0. The quantitative estimate of drug-likeness (QED) is 0.587. The van der Waals surface area contributed by atoms with Gasteiger partial charge in [-0.25, -0.2) is 9.59 Å². The second kappa shape index (κ2) is 6.25. The molecule has 1 aromatic rings. The molecule has 1 aromatic carbocycles. The average molecular weight is 291 g/mol. The molecule has 21 heavy (non-hydrogen) atoms. The van der Waals surface area contributed by atoms with E-state index in [4.69, 9.17) is 10.8 Å². The van der Waals surface area contributed by atoms with Crippen molar-refractivity contribution in [3.8, 4) is 0 Å². The van der Waals surface area contributed by atoms with Crippen molar-refractivity contribution in [2.75, 3.05) is 6.54 Å². The van der Waals surface area contributed by atoms with Gasteiger partial charge < -0.3 is 21.5 Å². The Morgan fingerprint density at radius 3 is 2.67 bits per heavy atom. The van der Waals surface area contributed by atoms with Crippen LogP contribution in [0, 0.1) is 0 Å². The molecule has 5 N–H and O–H groups in total. The normalized spacial score (nSPS) is 17.0. The summed E-state index contributed by atoms with van der Waals surface area (Å²) in [5.74, 6) is -1.83. The topological polar surface area (TPSA) is 122 Å². The Morgan fingerprint density at radius 1 is 1.33 bits per heavy atom. The van der Waals surface area contributed by atoms with E-state index in [1.165, 1.54) is 11.1 Å². The summed E-state index contributed by atoms with van der Waals surface area (Å²) in [7, 11) is 0. The number of fused-ring (bicyclic) bond motifs is 1. The van der Waals surface area contributed by atoms with E-state index in [0.717, 1.165) is 6.42 Å². The van der Waals surface area contributed by atoms with E-state index in [-0.39, 0.29) is 5.92 Å². The van der Waals surface area contributed by atoms with Crippen LogP contribution in [-0.2, 0) is 16.0 Å². The first-order chi connectivity index (χ1) is 9.97. The van der Waals surface area contributed by atoms with E-state index in [2.05, 4.69) is 10.6 Å². The van der Waals surface area contributed by atoms with E-state index >= 15 is 0 Å². The molecule has 3 amide bonds. The second-order valence-electron chi connectivity index (χ2n) is 5.02. The lowest BCUT2D eigenvalue weighted by molar-refractivity contribution is -0.140. The molecule has 0 saturated carbocycles. The molecule has 0 saturated heterocycles. The van der Waals surface area contributed by atoms with Crippen LogP contribution in [0.1, 0.15) is 23.5 Å². The number of amides is 3. The van der Waals surface area contributed by atoms with Crippen LogP contribution in [0.3, 0.4) is 0 Å². The van der Waals surface area contributed by atoms with Gasteiger partial charge in [-0.2, -0.15) is 0 Å². The fourth-order valence-corrected chi connectivity index (χ4v) is 2.37. The molecule has 1 aliphatic rings. The fraction of sp³-hybridized carbons (Fsp3) is 0.357. The van der Waals surface area contributed by atoms with Crippen LogP contribution in [0.15, 0.2) is 24.3 Å². The highest BCUT2D eigenvalue weighted by atomic mass is 16.4. The lowest BCUT2D eigenvalue weighted by Gasteiger charge is -2.30.